The van der Waals surface area contributed by atoms with E-state index in [1.54, 1.807) is 6.07 Å². The second-order valence-corrected chi connectivity index (χ2v) is 3.33. The van der Waals surface area contributed by atoms with Crippen LogP contribution in [0.4, 0.5) is 4.39 Å². The third kappa shape index (κ3) is 1.48. The average molecular weight is 207 g/mol. The van der Waals surface area contributed by atoms with E-state index in [2.05, 4.69) is 4.98 Å². The van der Waals surface area contributed by atoms with Crippen LogP contribution in [0.3, 0.4) is 0 Å². The molecular weight excluding hydrogens is 197 g/mol. The molecular formula is C11H10FNO2. The number of hydrogen-bond acceptors (Lipinski definition) is 1. The first-order chi connectivity index (χ1) is 7.13. The van der Waals surface area contributed by atoms with Crippen LogP contribution >= 0.6 is 0 Å². The molecule has 0 amide bonds. The fourth-order valence-corrected chi connectivity index (χ4v) is 1.77. The number of halogens is 1. The number of aryl methyl sites for hydroxylation is 1. The van der Waals surface area contributed by atoms with Gasteiger partial charge in [-0.05, 0) is 30.2 Å². The molecule has 0 saturated heterocycles. The number of aromatic carboxylic acids is 1. The molecule has 0 saturated carbocycles. The normalized spacial score (nSPS) is 10.8. The summed E-state index contributed by atoms with van der Waals surface area (Å²) in [6.07, 6.45) is 0.561. The van der Waals surface area contributed by atoms with E-state index >= 15 is 0 Å². The van der Waals surface area contributed by atoms with Crippen LogP contribution in [0, 0.1) is 5.82 Å². The quantitative estimate of drug-likeness (QED) is 0.795. The van der Waals surface area contributed by atoms with Crippen molar-refractivity contribution in [1.29, 1.82) is 0 Å². The van der Waals surface area contributed by atoms with Crippen LogP contribution in [0.1, 0.15) is 23.0 Å². The van der Waals surface area contributed by atoms with E-state index in [0.29, 0.717) is 22.9 Å². The molecule has 0 atom stereocenters. The molecule has 2 aromatic rings. The molecule has 1 aromatic heterocycles. The Hall–Kier alpha value is -1.84. The van der Waals surface area contributed by atoms with Crippen molar-refractivity contribution in [3.05, 3.63) is 35.3 Å². The van der Waals surface area contributed by atoms with E-state index in [-0.39, 0.29) is 11.5 Å². The highest BCUT2D eigenvalue weighted by Gasteiger charge is 2.15. The maximum Gasteiger partial charge on any atom is 0.352 e. The molecule has 0 fully saturated rings. The Morgan fingerprint density at radius 2 is 2.27 bits per heavy atom. The predicted octanol–water partition coefficient (Wildman–Crippen LogP) is 2.57. The van der Waals surface area contributed by atoms with E-state index in [4.69, 9.17) is 5.11 Å². The molecule has 15 heavy (non-hydrogen) atoms. The minimum absolute atomic E-state index is 0.151. The Morgan fingerprint density at radius 1 is 1.53 bits per heavy atom. The van der Waals surface area contributed by atoms with Crippen molar-refractivity contribution in [2.45, 2.75) is 13.3 Å². The molecule has 0 bridgehead atoms. The van der Waals surface area contributed by atoms with Crippen molar-refractivity contribution in [3.63, 3.8) is 0 Å². The highest BCUT2D eigenvalue weighted by molar-refractivity contribution is 5.97. The first-order valence-corrected chi connectivity index (χ1v) is 4.67. The van der Waals surface area contributed by atoms with E-state index in [0.717, 1.165) is 0 Å². The topological polar surface area (TPSA) is 53.1 Å². The molecule has 1 aromatic carbocycles. The fourth-order valence-electron chi connectivity index (χ4n) is 1.77. The Morgan fingerprint density at radius 3 is 2.87 bits per heavy atom. The number of aromatic nitrogens is 1. The van der Waals surface area contributed by atoms with Crippen LogP contribution in [0.5, 0.6) is 0 Å². The van der Waals surface area contributed by atoms with Gasteiger partial charge in [0, 0.05) is 10.9 Å². The molecule has 2 rings (SSSR count). The Bertz CT molecular complexity index is 531. The minimum Gasteiger partial charge on any atom is -0.477 e. The molecule has 78 valence electrons. The summed E-state index contributed by atoms with van der Waals surface area (Å²) < 4.78 is 13.0. The highest BCUT2D eigenvalue weighted by Crippen LogP contribution is 2.23. The lowest BCUT2D eigenvalue weighted by Gasteiger charge is -1.95. The standard InChI is InChI=1S/C11H10FNO2/c1-2-7-8-5-6(12)3-4-9(8)13-10(7)11(14)15/h3-5,13H,2H2,1H3,(H,14,15). The fraction of sp³-hybridized carbons (Fsp3) is 0.182. The number of hydrogen-bond donors (Lipinski definition) is 2. The summed E-state index contributed by atoms with van der Waals surface area (Å²) in [7, 11) is 0. The van der Waals surface area contributed by atoms with Gasteiger partial charge in [0.25, 0.3) is 0 Å². The van der Waals surface area contributed by atoms with Crippen LogP contribution in [0.15, 0.2) is 18.2 Å². The molecule has 0 radical (unpaired) electrons. The first-order valence-electron chi connectivity index (χ1n) is 4.67. The van der Waals surface area contributed by atoms with Gasteiger partial charge in [-0.15, -0.1) is 0 Å². The number of H-pyrrole nitrogens is 1. The summed E-state index contributed by atoms with van der Waals surface area (Å²) in [5, 5.41) is 9.59. The maximum atomic E-state index is 13.0. The van der Waals surface area contributed by atoms with Crippen LogP contribution in [0.25, 0.3) is 10.9 Å². The third-order valence-corrected chi connectivity index (χ3v) is 2.44. The number of carboxylic acid groups (broad SMARTS) is 1. The Labute approximate surface area is 85.5 Å². The number of carbonyl (C=O) groups is 1. The van der Waals surface area contributed by atoms with Crippen LogP contribution < -0.4 is 0 Å². The summed E-state index contributed by atoms with van der Waals surface area (Å²) >= 11 is 0. The van der Waals surface area contributed by atoms with Gasteiger partial charge in [0.1, 0.15) is 11.5 Å². The van der Waals surface area contributed by atoms with Crippen LogP contribution in [-0.2, 0) is 6.42 Å². The zero-order valence-corrected chi connectivity index (χ0v) is 8.17. The summed E-state index contributed by atoms with van der Waals surface area (Å²) in [6.45, 7) is 1.85. The molecule has 1 heterocycles. The van der Waals surface area contributed by atoms with Gasteiger partial charge in [-0.25, -0.2) is 9.18 Å². The molecule has 0 unspecified atom stereocenters. The lowest BCUT2D eigenvalue weighted by molar-refractivity contribution is 0.0690. The van der Waals surface area contributed by atoms with Crippen molar-refractivity contribution in [3.8, 4) is 0 Å². The second kappa shape index (κ2) is 3.38. The molecule has 0 spiro atoms. The van der Waals surface area contributed by atoms with Crippen LogP contribution in [0.2, 0.25) is 0 Å². The Kier molecular flexibility index (Phi) is 2.19. The van der Waals surface area contributed by atoms with Crippen molar-refractivity contribution >= 4 is 16.9 Å². The average Bonchev–Trinajstić information content (AvgIpc) is 2.55. The number of benzene rings is 1. The Balaban J connectivity index is 2.79. The molecule has 0 aliphatic carbocycles. The van der Waals surface area contributed by atoms with Gasteiger partial charge < -0.3 is 10.1 Å². The number of rotatable bonds is 2. The van der Waals surface area contributed by atoms with Gasteiger partial charge in [0.05, 0.1) is 0 Å². The first kappa shape index (κ1) is 9.71. The summed E-state index contributed by atoms with van der Waals surface area (Å²) in [4.78, 5) is 13.7. The maximum absolute atomic E-state index is 13.0. The van der Waals surface area contributed by atoms with Crippen molar-refractivity contribution in [1.82, 2.24) is 4.98 Å². The minimum atomic E-state index is -1.01. The number of fused-ring (bicyclic) bond motifs is 1. The van der Waals surface area contributed by atoms with Crippen molar-refractivity contribution in [2.24, 2.45) is 0 Å². The zero-order valence-electron chi connectivity index (χ0n) is 8.17. The molecule has 4 heteroatoms. The van der Waals surface area contributed by atoms with Gasteiger partial charge >= 0.3 is 5.97 Å². The predicted molar refractivity (Wildman–Crippen MR) is 54.6 cm³/mol. The molecule has 0 aliphatic heterocycles. The van der Waals surface area contributed by atoms with Gasteiger partial charge in [0.2, 0.25) is 0 Å². The van der Waals surface area contributed by atoms with Gasteiger partial charge in [-0.3, -0.25) is 0 Å². The van der Waals surface area contributed by atoms with E-state index < -0.39 is 5.97 Å². The van der Waals surface area contributed by atoms with E-state index in [1.807, 2.05) is 6.92 Å². The lowest BCUT2D eigenvalue weighted by Crippen LogP contribution is -2.00. The van der Waals surface area contributed by atoms with Crippen molar-refractivity contribution in [2.75, 3.05) is 0 Å². The number of aromatic amines is 1. The third-order valence-electron chi connectivity index (χ3n) is 2.44. The highest BCUT2D eigenvalue weighted by atomic mass is 19.1. The SMILES string of the molecule is CCc1c(C(=O)O)[nH]c2ccc(F)cc12. The van der Waals surface area contributed by atoms with Gasteiger partial charge in [-0.1, -0.05) is 6.92 Å². The van der Waals surface area contributed by atoms with Gasteiger partial charge in [0.15, 0.2) is 0 Å². The lowest BCUT2D eigenvalue weighted by atomic mass is 10.1. The summed E-state index contributed by atoms with van der Waals surface area (Å²) in [5.74, 6) is -1.36. The summed E-state index contributed by atoms with van der Waals surface area (Å²) in [5.41, 5.74) is 1.46. The zero-order chi connectivity index (χ0) is 11.0. The smallest absolute Gasteiger partial charge is 0.352 e. The van der Waals surface area contributed by atoms with Crippen LogP contribution in [-0.4, -0.2) is 16.1 Å². The molecule has 0 aliphatic rings. The molecule has 2 N–H and O–H groups in total. The number of carboxylic acids is 1. The largest absolute Gasteiger partial charge is 0.477 e. The monoisotopic (exact) mass is 207 g/mol. The van der Waals surface area contributed by atoms with E-state index in [9.17, 15) is 9.18 Å². The second-order valence-electron chi connectivity index (χ2n) is 3.33. The number of nitrogens with one attached hydrogen (secondary N) is 1. The van der Waals surface area contributed by atoms with Crippen molar-refractivity contribution < 1.29 is 14.3 Å². The van der Waals surface area contributed by atoms with E-state index in [1.165, 1.54) is 12.1 Å². The summed E-state index contributed by atoms with van der Waals surface area (Å²) in [6, 6.07) is 4.22. The molecule has 3 nitrogen and oxygen atoms in total. The van der Waals surface area contributed by atoms with Gasteiger partial charge in [-0.2, -0.15) is 0 Å².